The molecule has 1 unspecified atom stereocenters. The van der Waals surface area contributed by atoms with Crippen molar-refractivity contribution in [2.45, 2.75) is 33.4 Å². The van der Waals surface area contributed by atoms with Crippen LogP contribution in [0.4, 0.5) is 0 Å². The molecule has 0 fully saturated rings. The maximum Gasteiger partial charge on any atom is 0.0641 e. The Hall–Kier alpha value is -1.13. The van der Waals surface area contributed by atoms with Crippen molar-refractivity contribution >= 4 is 15.9 Å². The molecule has 1 atom stereocenters. The molecule has 0 spiro atoms. The molecule has 0 aliphatic rings. The quantitative estimate of drug-likeness (QED) is 0.931. The fourth-order valence-electron chi connectivity index (χ4n) is 2.20. The van der Waals surface area contributed by atoms with Gasteiger partial charge in [0.15, 0.2) is 0 Å². The first-order valence-corrected chi connectivity index (χ1v) is 7.26. The van der Waals surface area contributed by atoms with E-state index in [1.807, 2.05) is 11.7 Å². The lowest BCUT2D eigenvalue weighted by atomic mass is 10.1. The van der Waals surface area contributed by atoms with Crippen LogP contribution in [0, 0.1) is 13.8 Å². The monoisotopic (exact) mass is 321 g/mol. The van der Waals surface area contributed by atoms with Crippen LogP contribution >= 0.6 is 15.9 Å². The number of halogens is 1. The van der Waals surface area contributed by atoms with Gasteiger partial charge in [-0.3, -0.25) is 4.68 Å². The Kier molecular flexibility index (Phi) is 4.42. The van der Waals surface area contributed by atoms with Crippen LogP contribution in [0.15, 0.2) is 28.7 Å². The number of nitrogens with one attached hydrogen (secondary N) is 1. The highest BCUT2D eigenvalue weighted by Crippen LogP contribution is 2.18. The molecule has 1 heterocycles. The Morgan fingerprint density at radius 1 is 1.26 bits per heavy atom. The van der Waals surface area contributed by atoms with Gasteiger partial charge in [-0.25, -0.2) is 0 Å². The van der Waals surface area contributed by atoms with Crippen LogP contribution in [0.25, 0.3) is 0 Å². The molecule has 2 aromatic rings. The summed E-state index contributed by atoms with van der Waals surface area (Å²) < 4.78 is 3.05. The molecule has 0 aliphatic heterocycles. The highest BCUT2D eigenvalue weighted by Gasteiger charge is 2.11. The lowest BCUT2D eigenvalue weighted by Crippen LogP contribution is -2.18. The average Bonchev–Trinajstić information content (AvgIpc) is 2.62. The van der Waals surface area contributed by atoms with Gasteiger partial charge in [-0.15, -0.1) is 0 Å². The topological polar surface area (TPSA) is 29.9 Å². The first kappa shape index (κ1) is 14.3. The van der Waals surface area contributed by atoms with E-state index < -0.39 is 0 Å². The fraction of sp³-hybridized carbons (Fsp3) is 0.400. The van der Waals surface area contributed by atoms with Gasteiger partial charge in [0, 0.05) is 35.4 Å². The van der Waals surface area contributed by atoms with Gasteiger partial charge in [0.2, 0.25) is 0 Å². The van der Waals surface area contributed by atoms with E-state index in [1.54, 1.807) is 0 Å². The van der Waals surface area contributed by atoms with Gasteiger partial charge < -0.3 is 5.32 Å². The van der Waals surface area contributed by atoms with E-state index in [-0.39, 0.29) is 0 Å². The van der Waals surface area contributed by atoms with E-state index in [0.29, 0.717) is 6.04 Å². The van der Waals surface area contributed by atoms with Crippen molar-refractivity contribution in [1.29, 1.82) is 0 Å². The van der Waals surface area contributed by atoms with E-state index in [2.05, 4.69) is 71.4 Å². The standard InChI is InChI=1S/C15H20BrN3/c1-10(13-5-7-14(16)8-6-13)17-9-15-11(2)18-19(4)12(15)3/h5-8,10,17H,9H2,1-4H3. The van der Waals surface area contributed by atoms with Crippen LogP contribution in [0.5, 0.6) is 0 Å². The smallest absolute Gasteiger partial charge is 0.0641 e. The van der Waals surface area contributed by atoms with Crippen molar-refractivity contribution in [2.24, 2.45) is 7.05 Å². The Morgan fingerprint density at radius 2 is 1.89 bits per heavy atom. The minimum Gasteiger partial charge on any atom is -0.306 e. The summed E-state index contributed by atoms with van der Waals surface area (Å²) in [6.45, 7) is 7.21. The van der Waals surface area contributed by atoms with E-state index >= 15 is 0 Å². The number of nitrogens with zero attached hydrogens (tertiary/aromatic N) is 2. The third-order valence-corrected chi connectivity index (χ3v) is 4.14. The molecule has 3 nitrogen and oxygen atoms in total. The van der Waals surface area contributed by atoms with E-state index in [0.717, 1.165) is 16.7 Å². The predicted octanol–water partition coefficient (Wildman–Crippen LogP) is 3.65. The lowest BCUT2D eigenvalue weighted by Gasteiger charge is -2.14. The van der Waals surface area contributed by atoms with Gasteiger partial charge in [0.1, 0.15) is 0 Å². The summed E-state index contributed by atoms with van der Waals surface area (Å²) in [5.74, 6) is 0. The molecule has 0 amide bonds. The van der Waals surface area contributed by atoms with Crippen molar-refractivity contribution < 1.29 is 0 Å². The number of hydrogen-bond acceptors (Lipinski definition) is 2. The maximum atomic E-state index is 4.44. The molecule has 19 heavy (non-hydrogen) atoms. The van der Waals surface area contributed by atoms with Crippen molar-refractivity contribution in [2.75, 3.05) is 0 Å². The summed E-state index contributed by atoms with van der Waals surface area (Å²) in [5.41, 5.74) is 4.93. The van der Waals surface area contributed by atoms with Gasteiger partial charge in [0.05, 0.1) is 5.69 Å². The number of hydrogen-bond donors (Lipinski definition) is 1. The molecule has 4 heteroatoms. The zero-order chi connectivity index (χ0) is 14.0. The molecule has 0 aliphatic carbocycles. The minimum absolute atomic E-state index is 0.326. The maximum absolute atomic E-state index is 4.44. The lowest BCUT2D eigenvalue weighted by molar-refractivity contribution is 0.571. The largest absolute Gasteiger partial charge is 0.306 e. The van der Waals surface area contributed by atoms with Gasteiger partial charge in [-0.2, -0.15) is 5.10 Å². The minimum atomic E-state index is 0.326. The molecular formula is C15H20BrN3. The second kappa shape index (κ2) is 5.88. The number of rotatable bonds is 4. The van der Waals surface area contributed by atoms with Crippen LogP contribution in [0.2, 0.25) is 0 Å². The average molecular weight is 322 g/mol. The molecule has 1 aromatic heterocycles. The van der Waals surface area contributed by atoms with Crippen LogP contribution in [0.3, 0.4) is 0 Å². The summed E-state index contributed by atoms with van der Waals surface area (Å²) in [6, 6.07) is 8.77. The highest BCUT2D eigenvalue weighted by molar-refractivity contribution is 9.10. The molecule has 0 bridgehead atoms. The van der Waals surface area contributed by atoms with Crippen molar-refractivity contribution in [1.82, 2.24) is 15.1 Å². The highest BCUT2D eigenvalue weighted by atomic mass is 79.9. The van der Waals surface area contributed by atoms with Gasteiger partial charge >= 0.3 is 0 Å². The molecule has 0 saturated heterocycles. The van der Waals surface area contributed by atoms with E-state index in [1.165, 1.54) is 16.8 Å². The van der Waals surface area contributed by atoms with Crippen LogP contribution in [0.1, 0.15) is 35.5 Å². The molecule has 1 N–H and O–H groups in total. The first-order chi connectivity index (χ1) is 8.99. The van der Waals surface area contributed by atoms with Crippen molar-refractivity contribution in [3.63, 3.8) is 0 Å². The summed E-state index contributed by atoms with van der Waals surface area (Å²) in [6.07, 6.45) is 0. The predicted molar refractivity (Wildman–Crippen MR) is 82.1 cm³/mol. The Balaban J connectivity index is 2.04. The molecule has 0 saturated carbocycles. The van der Waals surface area contributed by atoms with Crippen molar-refractivity contribution in [3.8, 4) is 0 Å². The summed E-state index contributed by atoms with van der Waals surface area (Å²) >= 11 is 3.46. The van der Waals surface area contributed by atoms with Gasteiger partial charge in [-0.05, 0) is 38.5 Å². The Bertz CT molecular complexity index is 558. The van der Waals surface area contributed by atoms with Gasteiger partial charge in [-0.1, -0.05) is 28.1 Å². The summed E-state index contributed by atoms with van der Waals surface area (Å²) in [4.78, 5) is 0. The normalized spacial score (nSPS) is 12.7. The van der Waals surface area contributed by atoms with E-state index in [4.69, 9.17) is 0 Å². The third-order valence-electron chi connectivity index (χ3n) is 3.61. The second-order valence-corrected chi connectivity index (χ2v) is 5.84. The van der Waals surface area contributed by atoms with Crippen molar-refractivity contribution in [3.05, 3.63) is 51.3 Å². The van der Waals surface area contributed by atoms with Crippen LogP contribution < -0.4 is 5.32 Å². The molecule has 0 radical (unpaired) electrons. The summed E-state index contributed by atoms with van der Waals surface area (Å²) in [7, 11) is 1.99. The molecule has 102 valence electrons. The SMILES string of the molecule is Cc1nn(C)c(C)c1CNC(C)c1ccc(Br)cc1. The number of aryl methyl sites for hydroxylation is 2. The van der Waals surface area contributed by atoms with Crippen LogP contribution in [-0.2, 0) is 13.6 Å². The Labute approximate surface area is 123 Å². The van der Waals surface area contributed by atoms with Crippen LogP contribution in [-0.4, -0.2) is 9.78 Å². The van der Waals surface area contributed by atoms with E-state index in [9.17, 15) is 0 Å². The zero-order valence-corrected chi connectivity index (χ0v) is 13.5. The molecule has 2 rings (SSSR count). The third kappa shape index (κ3) is 3.25. The molecule has 1 aromatic carbocycles. The fourth-order valence-corrected chi connectivity index (χ4v) is 2.46. The molecular weight excluding hydrogens is 302 g/mol. The number of aromatic nitrogens is 2. The second-order valence-electron chi connectivity index (χ2n) is 4.93. The summed E-state index contributed by atoms with van der Waals surface area (Å²) in [5, 5.41) is 8.00. The first-order valence-electron chi connectivity index (χ1n) is 6.47. The Morgan fingerprint density at radius 3 is 2.42 bits per heavy atom. The van der Waals surface area contributed by atoms with Gasteiger partial charge in [0.25, 0.3) is 0 Å². The zero-order valence-electron chi connectivity index (χ0n) is 11.9. The number of benzene rings is 1.